The highest BCUT2D eigenvalue weighted by molar-refractivity contribution is 7.82. The normalized spacial score (nSPS) is 42.2. The summed E-state index contributed by atoms with van der Waals surface area (Å²) in [6.45, 7) is 2.76. The van der Waals surface area contributed by atoms with E-state index >= 15 is 0 Å². The van der Waals surface area contributed by atoms with Crippen LogP contribution < -0.4 is 0 Å². The molecule has 0 saturated heterocycles. The van der Waals surface area contributed by atoms with Gasteiger partial charge in [-0.25, -0.2) is 0 Å². The molecule has 2 heteroatoms. The van der Waals surface area contributed by atoms with Gasteiger partial charge in [0, 0.05) is 9.49 Å². The summed E-state index contributed by atoms with van der Waals surface area (Å²) in [5.74, 6) is 2.70. The summed E-state index contributed by atoms with van der Waals surface area (Å²) in [5, 5.41) is 0. The molecule has 5 fully saturated rings. The van der Waals surface area contributed by atoms with E-state index in [2.05, 4.69) is 6.92 Å². The predicted octanol–water partition coefficient (Wildman–Crippen LogP) is 12.5. The fourth-order valence-electron chi connectivity index (χ4n) is 9.88. The number of hydrogen-bond acceptors (Lipinski definition) is 2. The Balaban J connectivity index is 1.68. The molecule has 38 heavy (non-hydrogen) atoms. The van der Waals surface area contributed by atoms with Crippen LogP contribution in [0.15, 0.2) is 0 Å². The Morgan fingerprint density at radius 2 is 0.842 bits per heavy atom. The molecule has 0 nitrogen and oxygen atoms in total. The van der Waals surface area contributed by atoms with Crippen molar-refractivity contribution in [2.75, 3.05) is 0 Å². The van der Waals surface area contributed by atoms with Crippen LogP contribution in [0.1, 0.15) is 193 Å². The van der Waals surface area contributed by atoms with Crippen LogP contribution in [-0.4, -0.2) is 9.49 Å². The van der Waals surface area contributed by atoms with E-state index in [1.165, 1.54) is 186 Å². The van der Waals surface area contributed by atoms with Gasteiger partial charge in [0.15, 0.2) is 0 Å². The molecule has 0 heterocycles. The molecule has 222 valence electrons. The number of rotatable bonds is 0. The minimum atomic E-state index is 0.245. The lowest BCUT2D eigenvalue weighted by atomic mass is 9.54. The standard InChI is InChI=1S/C36H66S2/c1-34-30-31-20-14-15-23-33(22-13-7-4-6-12-21-32(34)25-24-31)35(37)26-16-8-2-3-10-18-28-36(34,38)29-19-11-5-9-17-27-35/h31-33,37-38H,2-30H2,1H3. The molecule has 0 aromatic heterocycles. The van der Waals surface area contributed by atoms with Crippen LogP contribution in [0.2, 0.25) is 0 Å². The topological polar surface area (TPSA) is 0 Å². The fourth-order valence-corrected chi connectivity index (χ4v) is 11.0. The SMILES string of the molecule is CC12CC3CCCCC(CCCCCCCC1CC3)C1(S)CCCCCCCCC2(S)CCCCCCC1. The lowest BCUT2D eigenvalue weighted by Crippen LogP contribution is -2.50. The first-order valence-corrected chi connectivity index (χ1v) is 18.8. The lowest BCUT2D eigenvalue weighted by molar-refractivity contribution is 0.0155. The molecule has 6 unspecified atom stereocenters. The smallest absolute Gasteiger partial charge is 0.0186 e. The zero-order valence-corrected chi connectivity index (χ0v) is 27.4. The quantitative estimate of drug-likeness (QED) is 0.269. The van der Waals surface area contributed by atoms with E-state index in [0.717, 1.165) is 17.8 Å². The van der Waals surface area contributed by atoms with Crippen molar-refractivity contribution in [2.45, 2.75) is 203 Å². The van der Waals surface area contributed by atoms with Gasteiger partial charge in [-0.1, -0.05) is 135 Å². The molecule has 0 aromatic carbocycles. The minimum Gasteiger partial charge on any atom is -0.172 e. The van der Waals surface area contributed by atoms with Gasteiger partial charge in [0.2, 0.25) is 0 Å². The van der Waals surface area contributed by atoms with Crippen LogP contribution in [-0.2, 0) is 0 Å². The van der Waals surface area contributed by atoms with Gasteiger partial charge < -0.3 is 0 Å². The van der Waals surface area contributed by atoms with Crippen LogP contribution in [0.5, 0.6) is 0 Å². The van der Waals surface area contributed by atoms with E-state index in [-0.39, 0.29) is 4.75 Å². The fraction of sp³-hybridized carbons (Fsp3) is 1.00. The van der Waals surface area contributed by atoms with Crippen molar-refractivity contribution in [2.24, 2.45) is 23.2 Å². The van der Waals surface area contributed by atoms with E-state index < -0.39 is 0 Å². The van der Waals surface area contributed by atoms with E-state index in [9.17, 15) is 0 Å². The maximum Gasteiger partial charge on any atom is 0.0186 e. The molecule has 6 bridgehead atoms. The molecule has 5 aliphatic carbocycles. The van der Waals surface area contributed by atoms with Crippen molar-refractivity contribution in [3.05, 3.63) is 0 Å². The molecule has 0 spiro atoms. The average Bonchev–Trinajstić information content (AvgIpc) is 2.89. The maximum absolute atomic E-state index is 5.85. The monoisotopic (exact) mass is 562 g/mol. The maximum atomic E-state index is 5.85. The summed E-state index contributed by atoms with van der Waals surface area (Å²) < 4.78 is 0.541. The first-order valence-electron chi connectivity index (χ1n) is 17.9. The Hall–Kier alpha value is 0.700. The number of fused-ring (bicyclic) bond motifs is 15. The Morgan fingerprint density at radius 3 is 1.42 bits per heavy atom. The molecule has 5 saturated carbocycles. The van der Waals surface area contributed by atoms with Gasteiger partial charge in [-0.3, -0.25) is 0 Å². The highest BCUT2D eigenvalue weighted by Crippen LogP contribution is 2.59. The predicted molar refractivity (Wildman–Crippen MR) is 176 cm³/mol. The molecule has 0 aromatic rings. The summed E-state index contributed by atoms with van der Waals surface area (Å²) in [7, 11) is 0. The van der Waals surface area contributed by atoms with Gasteiger partial charge >= 0.3 is 0 Å². The van der Waals surface area contributed by atoms with Crippen molar-refractivity contribution in [1.29, 1.82) is 0 Å². The summed E-state index contributed by atoms with van der Waals surface area (Å²) in [5.41, 5.74) is 0.429. The van der Waals surface area contributed by atoms with E-state index in [4.69, 9.17) is 25.3 Å². The summed E-state index contributed by atoms with van der Waals surface area (Å²) in [6, 6.07) is 0. The zero-order chi connectivity index (χ0) is 26.7. The Bertz CT molecular complexity index is 660. The minimum absolute atomic E-state index is 0.245. The molecule has 0 radical (unpaired) electrons. The Labute approximate surface area is 250 Å². The van der Waals surface area contributed by atoms with Gasteiger partial charge in [0.1, 0.15) is 0 Å². The van der Waals surface area contributed by atoms with Crippen molar-refractivity contribution in [3.63, 3.8) is 0 Å². The van der Waals surface area contributed by atoms with Gasteiger partial charge in [-0.2, -0.15) is 25.3 Å². The summed E-state index contributed by atoms with van der Waals surface area (Å²) >= 11 is 11.5. The third kappa shape index (κ3) is 8.61. The second-order valence-electron chi connectivity index (χ2n) is 15.1. The molecular formula is C36H66S2. The van der Waals surface area contributed by atoms with Gasteiger partial charge in [0.05, 0.1) is 0 Å². The Morgan fingerprint density at radius 1 is 0.421 bits per heavy atom. The third-order valence-electron chi connectivity index (χ3n) is 12.5. The summed E-state index contributed by atoms with van der Waals surface area (Å²) in [4.78, 5) is 0. The van der Waals surface area contributed by atoms with E-state index in [1.54, 1.807) is 0 Å². The molecule has 6 atom stereocenters. The Kier molecular flexibility index (Phi) is 13.1. The highest BCUT2D eigenvalue weighted by atomic mass is 32.1. The zero-order valence-electron chi connectivity index (χ0n) is 25.6. The molecule has 0 N–H and O–H groups in total. The van der Waals surface area contributed by atoms with Crippen molar-refractivity contribution >= 4 is 25.3 Å². The number of thiol groups is 2. The first-order chi connectivity index (χ1) is 18.5. The third-order valence-corrected chi connectivity index (χ3v) is 14.3. The van der Waals surface area contributed by atoms with Gasteiger partial charge in [-0.15, -0.1) is 0 Å². The molecule has 0 aliphatic heterocycles. The molecular weight excluding hydrogens is 497 g/mol. The van der Waals surface area contributed by atoms with Crippen LogP contribution in [0.25, 0.3) is 0 Å². The molecule has 5 aliphatic rings. The van der Waals surface area contributed by atoms with Crippen LogP contribution in [0.4, 0.5) is 0 Å². The summed E-state index contributed by atoms with van der Waals surface area (Å²) in [6.07, 6.45) is 41.7. The van der Waals surface area contributed by atoms with Crippen molar-refractivity contribution in [1.82, 2.24) is 0 Å². The molecule has 5 rings (SSSR count). The second-order valence-corrected chi connectivity index (χ2v) is 16.9. The van der Waals surface area contributed by atoms with Crippen molar-refractivity contribution < 1.29 is 0 Å². The van der Waals surface area contributed by atoms with Gasteiger partial charge in [-0.05, 0) is 81.0 Å². The van der Waals surface area contributed by atoms with Gasteiger partial charge in [0.25, 0.3) is 0 Å². The van der Waals surface area contributed by atoms with Crippen molar-refractivity contribution in [3.8, 4) is 0 Å². The largest absolute Gasteiger partial charge is 0.172 e. The average molecular weight is 563 g/mol. The van der Waals surface area contributed by atoms with E-state index in [0.29, 0.717) is 10.2 Å². The molecule has 0 amide bonds. The van der Waals surface area contributed by atoms with Crippen LogP contribution >= 0.6 is 25.3 Å². The van der Waals surface area contributed by atoms with Crippen LogP contribution in [0, 0.1) is 23.2 Å². The first kappa shape index (κ1) is 31.6. The number of hydrogen-bond donors (Lipinski definition) is 2. The highest BCUT2D eigenvalue weighted by Gasteiger charge is 2.51. The van der Waals surface area contributed by atoms with Crippen LogP contribution in [0.3, 0.4) is 0 Å². The van der Waals surface area contributed by atoms with E-state index in [1.807, 2.05) is 0 Å². The lowest BCUT2D eigenvalue weighted by Gasteiger charge is -2.56. The second kappa shape index (κ2) is 15.8.